The molecule has 1 heterocycles. The van der Waals surface area contributed by atoms with Crippen LogP contribution in [-0.4, -0.2) is 10.8 Å². The minimum Gasteiger partial charge on any atom is -0.0507 e. The van der Waals surface area contributed by atoms with E-state index in [1.54, 1.807) is 6.92 Å². The van der Waals surface area contributed by atoms with Crippen molar-refractivity contribution in [3.63, 3.8) is 0 Å². The zero-order chi connectivity index (χ0) is 7.72. The summed E-state index contributed by atoms with van der Waals surface area (Å²) in [6, 6.07) is -0.0422. The van der Waals surface area contributed by atoms with Gasteiger partial charge in [-0.1, -0.05) is 15.9 Å². The monoisotopic (exact) mass is 202 g/mol. The second-order valence-electron chi connectivity index (χ2n) is 2.40. The predicted molar refractivity (Wildman–Crippen MR) is 43.9 cm³/mol. The second-order valence-corrected chi connectivity index (χ2v) is 3.32. The van der Waals surface area contributed by atoms with Gasteiger partial charge < -0.3 is 0 Å². The molecule has 0 fully saturated rings. The Balaban J connectivity index is 2.95. The maximum Gasteiger partial charge on any atom is 0.231 e. The standard InChI is InChI=1S/C7H9BrNO/c1-5-3-7(8)4-6(2)9(5)10/h3-5H,1-2H3/q+1. The van der Waals surface area contributed by atoms with Gasteiger partial charge in [0.2, 0.25) is 11.7 Å². The summed E-state index contributed by atoms with van der Waals surface area (Å²) < 4.78 is 1.98. The molecule has 0 amide bonds. The van der Waals surface area contributed by atoms with Crippen molar-refractivity contribution < 1.29 is 4.76 Å². The average molecular weight is 203 g/mol. The first-order chi connectivity index (χ1) is 4.61. The van der Waals surface area contributed by atoms with Gasteiger partial charge in [-0.2, -0.15) is 0 Å². The number of hydrogen-bond donors (Lipinski definition) is 0. The topological polar surface area (TPSA) is 20.1 Å². The summed E-state index contributed by atoms with van der Waals surface area (Å²) in [7, 11) is 0. The lowest BCUT2D eigenvalue weighted by Gasteiger charge is -2.03. The fraction of sp³-hybridized carbons (Fsp3) is 0.429. The van der Waals surface area contributed by atoms with E-state index in [4.69, 9.17) is 0 Å². The number of allylic oxidation sites excluding steroid dienone is 3. The summed E-state index contributed by atoms with van der Waals surface area (Å²) in [6.45, 7) is 3.67. The van der Waals surface area contributed by atoms with Crippen molar-refractivity contribution >= 4 is 15.9 Å². The van der Waals surface area contributed by atoms with Crippen LogP contribution in [0.2, 0.25) is 0 Å². The molecule has 0 aromatic heterocycles. The van der Waals surface area contributed by atoms with Gasteiger partial charge in [0.15, 0.2) is 0 Å². The van der Waals surface area contributed by atoms with E-state index in [1.165, 1.54) is 0 Å². The van der Waals surface area contributed by atoms with Crippen LogP contribution in [0.1, 0.15) is 13.8 Å². The number of hydrogen-bond acceptors (Lipinski definition) is 1. The molecule has 1 aliphatic heterocycles. The second kappa shape index (κ2) is 2.66. The van der Waals surface area contributed by atoms with Gasteiger partial charge in [-0.3, -0.25) is 0 Å². The molecule has 0 spiro atoms. The van der Waals surface area contributed by atoms with Crippen LogP contribution in [0, 0.1) is 4.91 Å². The van der Waals surface area contributed by atoms with Crippen molar-refractivity contribution in [3.8, 4) is 0 Å². The summed E-state index contributed by atoms with van der Waals surface area (Å²) in [4.78, 5) is 11.1. The first-order valence-electron chi connectivity index (χ1n) is 3.13. The van der Waals surface area contributed by atoms with Gasteiger partial charge in [-0.15, -0.1) is 0 Å². The largest absolute Gasteiger partial charge is 0.231 e. The van der Waals surface area contributed by atoms with Gasteiger partial charge in [0.1, 0.15) is 0 Å². The van der Waals surface area contributed by atoms with Crippen molar-refractivity contribution in [1.29, 1.82) is 0 Å². The molecule has 1 atom stereocenters. The Hall–Kier alpha value is -0.440. The van der Waals surface area contributed by atoms with Crippen molar-refractivity contribution in [1.82, 2.24) is 0 Å². The van der Waals surface area contributed by atoms with E-state index in [0.29, 0.717) is 0 Å². The lowest BCUT2D eigenvalue weighted by Crippen LogP contribution is -2.19. The fourth-order valence-electron chi connectivity index (χ4n) is 0.931. The Morgan fingerprint density at radius 1 is 1.70 bits per heavy atom. The first kappa shape index (κ1) is 7.66. The predicted octanol–water partition coefficient (Wildman–Crippen LogP) is 2.35. The number of nitroso groups, excluding NO2 is 1. The molecule has 0 radical (unpaired) electrons. The molecule has 3 heteroatoms. The van der Waals surface area contributed by atoms with Crippen LogP contribution in [-0.2, 0) is 0 Å². The van der Waals surface area contributed by atoms with Gasteiger partial charge in [0.25, 0.3) is 0 Å². The van der Waals surface area contributed by atoms with Crippen LogP contribution in [0.3, 0.4) is 0 Å². The van der Waals surface area contributed by atoms with Crippen LogP contribution in [0.15, 0.2) is 22.3 Å². The molecule has 1 aliphatic rings. The third kappa shape index (κ3) is 1.34. The van der Waals surface area contributed by atoms with E-state index in [2.05, 4.69) is 15.9 Å². The van der Waals surface area contributed by atoms with Gasteiger partial charge >= 0.3 is 0 Å². The Kier molecular flexibility index (Phi) is 2.04. The Morgan fingerprint density at radius 3 is 2.80 bits per heavy atom. The lowest BCUT2D eigenvalue weighted by atomic mass is 10.2. The molecule has 1 rings (SSSR count). The molecule has 0 saturated carbocycles. The maximum absolute atomic E-state index is 11.1. The summed E-state index contributed by atoms with van der Waals surface area (Å²) >= 11 is 3.32. The van der Waals surface area contributed by atoms with Crippen LogP contribution in [0.5, 0.6) is 0 Å². The maximum atomic E-state index is 11.1. The molecule has 0 N–H and O–H groups in total. The molecule has 54 valence electrons. The van der Waals surface area contributed by atoms with Crippen LogP contribution in [0.25, 0.3) is 0 Å². The molecular formula is C7H9BrNO+. The molecule has 0 aromatic rings. The van der Waals surface area contributed by atoms with E-state index in [1.807, 2.05) is 19.1 Å². The molecule has 1 unspecified atom stereocenters. The van der Waals surface area contributed by atoms with Gasteiger partial charge in [-0.25, -0.2) is 0 Å². The molecule has 10 heavy (non-hydrogen) atoms. The zero-order valence-corrected chi connectivity index (χ0v) is 7.55. The summed E-state index contributed by atoms with van der Waals surface area (Å²) in [5.41, 5.74) is 0.752. The van der Waals surface area contributed by atoms with E-state index in [-0.39, 0.29) is 6.04 Å². The smallest absolute Gasteiger partial charge is 0.0507 e. The summed E-state index contributed by atoms with van der Waals surface area (Å²) in [5.74, 6) is 0. The third-order valence-corrected chi connectivity index (χ3v) is 1.96. The molecule has 0 aliphatic carbocycles. The van der Waals surface area contributed by atoms with Crippen LogP contribution < -0.4 is 0 Å². The molecular weight excluding hydrogens is 194 g/mol. The molecule has 0 bridgehead atoms. The third-order valence-electron chi connectivity index (χ3n) is 1.46. The van der Waals surface area contributed by atoms with Crippen molar-refractivity contribution in [3.05, 3.63) is 27.2 Å². The number of nitrogens with zero attached hydrogens (tertiary/aromatic N) is 1. The molecule has 0 aromatic carbocycles. The first-order valence-corrected chi connectivity index (χ1v) is 3.92. The molecule has 2 nitrogen and oxygen atoms in total. The van der Waals surface area contributed by atoms with Crippen molar-refractivity contribution in [2.24, 2.45) is 0 Å². The number of halogens is 1. The quantitative estimate of drug-likeness (QED) is 0.553. The molecule has 0 saturated heterocycles. The highest BCUT2D eigenvalue weighted by Crippen LogP contribution is 2.18. The summed E-state index contributed by atoms with van der Waals surface area (Å²) in [5, 5.41) is 0. The normalized spacial score (nSPS) is 25.9. The van der Waals surface area contributed by atoms with Gasteiger partial charge in [0, 0.05) is 40.1 Å². The van der Waals surface area contributed by atoms with Crippen molar-refractivity contribution in [2.75, 3.05) is 0 Å². The highest BCUT2D eigenvalue weighted by atomic mass is 79.9. The minimum atomic E-state index is -0.0422. The lowest BCUT2D eigenvalue weighted by molar-refractivity contribution is -0.524. The highest BCUT2D eigenvalue weighted by molar-refractivity contribution is 9.11. The number of rotatable bonds is 0. The van der Waals surface area contributed by atoms with Crippen molar-refractivity contribution in [2.45, 2.75) is 19.9 Å². The van der Waals surface area contributed by atoms with E-state index < -0.39 is 0 Å². The Bertz CT molecular complexity index is 230. The zero-order valence-electron chi connectivity index (χ0n) is 5.97. The van der Waals surface area contributed by atoms with E-state index >= 15 is 0 Å². The Morgan fingerprint density at radius 2 is 2.30 bits per heavy atom. The van der Waals surface area contributed by atoms with Gasteiger partial charge in [-0.05, 0) is 0 Å². The fourth-order valence-corrected chi connectivity index (χ4v) is 1.64. The van der Waals surface area contributed by atoms with E-state index in [9.17, 15) is 4.91 Å². The Labute approximate surface area is 68.3 Å². The minimum absolute atomic E-state index is 0.0422. The van der Waals surface area contributed by atoms with Crippen LogP contribution >= 0.6 is 15.9 Å². The van der Waals surface area contributed by atoms with Gasteiger partial charge in [0.05, 0.1) is 0 Å². The van der Waals surface area contributed by atoms with E-state index in [0.717, 1.165) is 14.9 Å². The highest BCUT2D eigenvalue weighted by Gasteiger charge is 2.24. The summed E-state index contributed by atoms with van der Waals surface area (Å²) in [6.07, 6.45) is 3.69. The average Bonchev–Trinajstić information content (AvgIpc) is 1.82. The SMILES string of the molecule is CC1=CC(Br)=CC(C)[N+]1=O. The van der Waals surface area contributed by atoms with Crippen LogP contribution in [0.4, 0.5) is 0 Å².